The zero-order valence-corrected chi connectivity index (χ0v) is 11.7. The van der Waals surface area contributed by atoms with E-state index in [0.717, 1.165) is 0 Å². The molecule has 2 rings (SSSR count). The molecule has 1 fully saturated rings. The molecule has 1 aromatic rings. The molecule has 0 bridgehead atoms. The van der Waals surface area contributed by atoms with Crippen LogP contribution >= 0.6 is 0 Å². The Hall–Kier alpha value is -2.12. The van der Waals surface area contributed by atoms with Crippen molar-refractivity contribution in [2.75, 3.05) is 30.4 Å². The first kappa shape index (κ1) is 15.3. The largest absolute Gasteiger partial charge is 0.381 e. The van der Waals surface area contributed by atoms with E-state index in [1.165, 1.54) is 0 Å². The summed E-state index contributed by atoms with van der Waals surface area (Å²) in [5, 5.41) is 5.32. The molecule has 0 aliphatic carbocycles. The SMILES string of the molecule is NCC1(C(=O)Nc2ccc(NC(N)=O)cc2)CCOCC1. The molecule has 7 heteroatoms. The maximum absolute atomic E-state index is 12.4. The highest BCUT2D eigenvalue weighted by atomic mass is 16.5. The summed E-state index contributed by atoms with van der Waals surface area (Å²) in [6.07, 6.45) is 1.24. The van der Waals surface area contributed by atoms with E-state index in [1.54, 1.807) is 24.3 Å². The van der Waals surface area contributed by atoms with Gasteiger partial charge in [-0.1, -0.05) is 0 Å². The van der Waals surface area contributed by atoms with E-state index in [-0.39, 0.29) is 5.91 Å². The number of hydrogen-bond donors (Lipinski definition) is 4. The monoisotopic (exact) mass is 292 g/mol. The lowest BCUT2D eigenvalue weighted by Crippen LogP contribution is -2.46. The van der Waals surface area contributed by atoms with E-state index in [4.69, 9.17) is 16.2 Å². The lowest BCUT2D eigenvalue weighted by Gasteiger charge is -2.34. The number of carbonyl (C=O) groups is 2. The van der Waals surface area contributed by atoms with Gasteiger partial charge in [-0.15, -0.1) is 0 Å². The summed E-state index contributed by atoms with van der Waals surface area (Å²) in [6.45, 7) is 1.39. The topological polar surface area (TPSA) is 119 Å². The Bertz CT molecular complexity index is 509. The first-order valence-electron chi connectivity index (χ1n) is 6.81. The molecule has 1 heterocycles. The second kappa shape index (κ2) is 6.55. The normalized spacial score (nSPS) is 17.0. The molecule has 0 radical (unpaired) electrons. The number of urea groups is 1. The smallest absolute Gasteiger partial charge is 0.316 e. The van der Waals surface area contributed by atoms with Crippen LogP contribution in [-0.4, -0.2) is 31.7 Å². The number of nitrogens with one attached hydrogen (secondary N) is 2. The number of ether oxygens (including phenoxy) is 1. The molecule has 1 aliphatic heterocycles. The standard InChI is InChI=1S/C14H20N4O3/c15-9-14(5-7-21-8-6-14)12(19)17-10-1-3-11(4-2-10)18-13(16)20/h1-4H,5-9,15H2,(H,17,19)(H3,16,18,20). The van der Waals surface area contributed by atoms with Gasteiger partial charge in [0, 0.05) is 31.1 Å². The maximum atomic E-state index is 12.4. The third-order valence-corrected chi connectivity index (χ3v) is 3.73. The summed E-state index contributed by atoms with van der Waals surface area (Å²) in [6, 6.07) is 6.11. The number of nitrogens with two attached hydrogens (primary N) is 2. The second-order valence-corrected chi connectivity index (χ2v) is 5.12. The molecule has 1 aliphatic rings. The number of primary amides is 1. The molecular weight excluding hydrogens is 272 g/mol. The van der Waals surface area contributed by atoms with Crippen LogP contribution in [0.5, 0.6) is 0 Å². The van der Waals surface area contributed by atoms with Gasteiger partial charge in [0.25, 0.3) is 0 Å². The molecule has 0 unspecified atom stereocenters. The van der Waals surface area contributed by atoms with Crippen molar-refractivity contribution in [3.05, 3.63) is 24.3 Å². The van der Waals surface area contributed by atoms with E-state index in [1.807, 2.05) is 0 Å². The molecule has 0 atom stereocenters. The quantitative estimate of drug-likeness (QED) is 0.658. The zero-order chi connectivity index (χ0) is 15.3. The first-order chi connectivity index (χ1) is 10.1. The second-order valence-electron chi connectivity index (χ2n) is 5.12. The summed E-state index contributed by atoms with van der Waals surface area (Å²) < 4.78 is 5.29. The first-order valence-corrected chi connectivity index (χ1v) is 6.81. The lowest BCUT2D eigenvalue weighted by atomic mass is 9.79. The molecule has 1 aromatic carbocycles. The Morgan fingerprint density at radius 3 is 2.10 bits per heavy atom. The highest BCUT2D eigenvalue weighted by molar-refractivity contribution is 5.96. The molecule has 6 N–H and O–H groups in total. The molecular formula is C14H20N4O3. The Balaban J connectivity index is 2.03. The van der Waals surface area contributed by atoms with E-state index >= 15 is 0 Å². The number of rotatable bonds is 4. The van der Waals surface area contributed by atoms with Gasteiger partial charge in [0.2, 0.25) is 5.91 Å². The molecule has 0 aromatic heterocycles. The van der Waals surface area contributed by atoms with Crippen molar-refractivity contribution in [1.82, 2.24) is 0 Å². The number of carbonyl (C=O) groups excluding carboxylic acids is 2. The minimum absolute atomic E-state index is 0.0936. The van der Waals surface area contributed by atoms with Crippen molar-refractivity contribution in [2.24, 2.45) is 16.9 Å². The molecule has 1 saturated heterocycles. The Morgan fingerprint density at radius 1 is 1.10 bits per heavy atom. The van der Waals surface area contributed by atoms with Gasteiger partial charge in [0.1, 0.15) is 0 Å². The van der Waals surface area contributed by atoms with Crippen LogP contribution in [-0.2, 0) is 9.53 Å². The van der Waals surface area contributed by atoms with Crippen LogP contribution in [0.1, 0.15) is 12.8 Å². The summed E-state index contributed by atoms with van der Waals surface area (Å²) in [7, 11) is 0. The predicted octanol–water partition coefficient (Wildman–Crippen LogP) is 0.871. The third kappa shape index (κ3) is 3.71. The third-order valence-electron chi connectivity index (χ3n) is 3.73. The molecule has 0 saturated carbocycles. The number of anilines is 2. The van der Waals surface area contributed by atoms with Gasteiger partial charge in [-0.25, -0.2) is 4.79 Å². The lowest BCUT2D eigenvalue weighted by molar-refractivity contribution is -0.130. The minimum Gasteiger partial charge on any atom is -0.381 e. The van der Waals surface area contributed by atoms with Gasteiger partial charge in [-0.3, -0.25) is 4.79 Å². The van der Waals surface area contributed by atoms with E-state index < -0.39 is 11.4 Å². The summed E-state index contributed by atoms with van der Waals surface area (Å²) in [5.74, 6) is -0.0936. The van der Waals surface area contributed by atoms with Gasteiger partial charge >= 0.3 is 6.03 Å². The predicted molar refractivity (Wildman–Crippen MR) is 79.8 cm³/mol. The minimum atomic E-state index is -0.629. The van der Waals surface area contributed by atoms with Gasteiger partial charge in [0.15, 0.2) is 0 Å². The van der Waals surface area contributed by atoms with Crippen molar-refractivity contribution in [1.29, 1.82) is 0 Å². The fourth-order valence-electron chi connectivity index (χ4n) is 2.33. The van der Waals surface area contributed by atoms with Gasteiger partial charge < -0.3 is 26.8 Å². The van der Waals surface area contributed by atoms with Gasteiger partial charge in [0.05, 0.1) is 5.41 Å². The fourth-order valence-corrected chi connectivity index (χ4v) is 2.33. The average Bonchev–Trinajstić information content (AvgIpc) is 2.49. The van der Waals surface area contributed by atoms with Crippen LogP contribution in [0.2, 0.25) is 0 Å². The number of amides is 3. The van der Waals surface area contributed by atoms with Gasteiger partial charge in [-0.05, 0) is 37.1 Å². The molecule has 3 amide bonds. The van der Waals surface area contributed by atoms with Crippen molar-refractivity contribution < 1.29 is 14.3 Å². The Labute approximate surface area is 123 Å². The van der Waals surface area contributed by atoms with Crippen molar-refractivity contribution in [3.8, 4) is 0 Å². The number of hydrogen-bond acceptors (Lipinski definition) is 4. The van der Waals surface area contributed by atoms with Crippen LogP contribution in [0.3, 0.4) is 0 Å². The average molecular weight is 292 g/mol. The zero-order valence-electron chi connectivity index (χ0n) is 11.7. The van der Waals surface area contributed by atoms with Crippen molar-refractivity contribution >= 4 is 23.3 Å². The molecule has 21 heavy (non-hydrogen) atoms. The van der Waals surface area contributed by atoms with E-state index in [0.29, 0.717) is 44.0 Å². The number of benzene rings is 1. The molecule has 114 valence electrons. The fraction of sp³-hybridized carbons (Fsp3) is 0.429. The van der Waals surface area contributed by atoms with Crippen LogP contribution < -0.4 is 22.1 Å². The van der Waals surface area contributed by atoms with Crippen molar-refractivity contribution in [2.45, 2.75) is 12.8 Å². The Morgan fingerprint density at radius 2 is 1.62 bits per heavy atom. The highest BCUT2D eigenvalue weighted by Crippen LogP contribution is 2.31. The Kier molecular flexibility index (Phi) is 4.77. The van der Waals surface area contributed by atoms with Crippen LogP contribution in [0.15, 0.2) is 24.3 Å². The van der Waals surface area contributed by atoms with E-state index in [2.05, 4.69) is 10.6 Å². The maximum Gasteiger partial charge on any atom is 0.316 e. The summed E-state index contributed by atoms with van der Waals surface area (Å²) in [4.78, 5) is 23.2. The molecule has 7 nitrogen and oxygen atoms in total. The highest BCUT2D eigenvalue weighted by Gasteiger charge is 2.38. The summed E-state index contributed by atoms with van der Waals surface area (Å²) >= 11 is 0. The van der Waals surface area contributed by atoms with Crippen LogP contribution in [0.4, 0.5) is 16.2 Å². The van der Waals surface area contributed by atoms with Crippen molar-refractivity contribution in [3.63, 3.8) is 0 Å². The molecule has 0 spiro atoms. The van der Waals surface area contributed by atoms with Gasteiger partial charge in [-0.2, -0.15) is 0 Å². The van der Waals surface area contributed by atoms with Crippen LogP contribution in [0.25, 0.3) is 0 Å². The van der Waals surface area contributed by atoms with E-state index in [9.17, 15) is 9.59 Å². The summed E-state index contributed by atoms with van der Waals surface area (Å²) in [5.41, 5.74) is 11.5. The van der Waals surface area contributed by atoms with Crippen LogP contribution in [0, 0.1) is 5.41 Å².